The third-order valence-corrected chi connectivity index (χ3v) is 5.48. The molecule has 0 radical (unpaired) electrons. The van der Waals surface area contributed by atoms with Crippen LogP contribution in [0.1, 0.15) is 51.0 Å². The third-order valence-electron chi connectivity index (χ3n) is 5.48. The second-order valence-corrected chi connectivity index (χ2v) is 7.73. The van der Waals surface area contributed by atoms with Crippen LogP contribution in [0.4, 0.5) is 21.8 Å². The maximum absolute atomic E-state index is 13.4. The summed E-state index contributed by atoms with van der Waals surface area (Å²) in [6.07, 6.45) is 9.31. The molecular weight excluding hydrogens is 339 g/mol. The predicted molar refractivity (Wildman–Crippen MR) is 106 cm³/mol. The molecule has 140 valence electrons. The van der Waals surface area contributed by atoms with Gasteiger partial charge in [-0.2, -0.15) is 4.98 Å². The summed E-state index contributed by atoms with van der Waals surface area (Å²) < 4.78 is 13.4. The van der Waals surface area contributed by atoms with Crippen LogP contribution < -0.4 is 10.6 Å². The largest absolute Gasteiger partial charge is 0.369 e. The van der Waals surface area contributed by atoms with E-state index in [1.807, 2.05) is 0 Å². The fraction of sp³-hybridized carbons (Fsp3) is 0.455. The summed E-state index contributed by atoms with van der Waals surface area (Å²) >= 11 is 0. The van der Waals surface area contributed by atoms with Crippen LogP contribution in [-0.4, -0.2) is 16.5 Å². The lowest BCUT2D eigenvalue weighted by Crippen LogP contribution is -2.07. The van der Waals surface area contributed by atoms with E-state index in [4.69, 9.17) is 0 Å². The molecule has 4 rings (SSSR count). The van der Waals surface area contributed by atoms with Crippen molar-refractivity contribution < 1.29 is 4.39 Å². The fourth-order valence-electron chi connectivity index (χ4n) is 3.75. The van der Waals surface area contributed by atoms with E-state index in [1.165, 1.54) is 44.2 Å². The second-order valence-electron chi connectivity index (χ2n) is 7.73. The fourth-order valence-corrected chi connectivity index (χ4v) is 3.75. The summed E-state index contributed by atoms with van der Waals surface area (Å²) in [5.41, 5.74) is 2.08. The van der Waals surface area contributed by atoms with E-state index in [0.717, 1.165) is 24.3 Å². The SMILES string of the molecule is CCCNc1nc(Nc2cccc(F)c2)ncc1C#C[C@@H]1CCC2(CC2)C1. The molecule has 0 unspecified atom stereocenters. The lowest BCUT2D eigenvalue weighted by atomic mass is 10.0. The molecule has 5 heteroatoms. The van der Waals surface area contributed by atoms with Crippen LogP contribution in [-0.2, 0) is 0 Å². The Morgan fingerprint density at radius 2 is 2.19 bits per heavy atom. The van der Waals surface area contributed by atoms with Crippen LogP contribution >= 0.6 is 0 Å². The molecule has 2 N–H and O–H groups in total. The molecule has 0 saturated heterocycles. The number of benzene rings is 1. The highest BCUT2D eigenvalue weighted by Gasteiger charge is 2.47. The quantitative estimate of drug-likeness (QED) is 0.724. The van der Waals surface area contributed by atoms with E-state index in [2.05, 4.69) is 39.4 Å². The number of rotatable bonds is 5. The Balaban J connectivity index is 1.52. The maximum atomic E-state index is 13.4. The van der Waals surface area contributed by atoms with Crippen molar-refractivity contribution in [3.8, 4) is 11.8 Å². The van der Waals surface area contributed by atoms with E-state index >= 15 is 0 Å². The average molecular weight is 364 g/mol. The number of aromatic nitrogens is 2. The predicted octanol–water partition coefficient (Wildman–Crippen LogP) is 5.11. The van der Waals surface area contributed by atoms with Gasteiger partial charge in [0, 0.05) is 18.2 Å². The van der Waals surface area contributed by atoms with Gasteiger partial charge in [-0.25, -0.2) is 9.37 Å². The van der Waals surface area contributed by atoms with E-state index in [-0.39, 0.29) is 5.82 Å². The summed E-state index contributed by atoms with van der Waals surface area (Å²) in [7, 11) is 0. The molecule has 2 aliphatic carbocycles. The molecule has 4 nitrogen and oxygen atoms in total. The van der Waals surface area contributed by atoms with Crippen LogP contribution in [0.5, 0.6) is 0 Å². The molecular formula is C22H25FN4. The van der Waals surface area contributed by atoms with Crippen LogP contribution in [0, 0.1) is 29.0 Å². The Kier molecular flexibility index (Phi) is 4.98. The van der Waals surface area contributed by atoms with Crippen molar-refractivity contribution in [1.82, 2.24) is 9.97 Å². The van der Waals surface area contributed by atoms with Gasteiger partial charge in [-0.3, -0.25) is 0 Å². The minimum atomic E-state index is -0.295. The second kappa shape index (κ2) is 7.56. The van der Waals surface area contributed by atoms with E-state index in [9.17, 15) is 4.39 Å². The van der Waals surface area contributed by atoms with Gasteiger partial charge in [-0.05, 0) is 62.1 Å². The Bertz CT molecular complexity index is 879. The Hall–Kier alpha value is -2.61. The first-order chi connectivity index (χ1) is 13.2. The Morgan fingerprint density at radius 1 is 1.30 bits per heavy atom. The van der Waals surface area contributed by atoms with Gasteiger partial charge >= 0.3 is 0 Å². The minimum Gasteiger partial charge on any atom is -0.369 e. The van der Waals surface area contributed by atoms with Gasteiger partial charge < -0.3 is 10.6 Å². The Labute approximate surface area is 160 Å². The van der Waals surface area contributed by atoms with E-state index in [0.29, 0.717) is 23.0 Å². The summed E-state index contributed by atoms with van der Waals surface area (Å²) in [5.74, 6) is 8.12. The highest BCUT2D eigenvalue weighted by atomic mass is 19.1. The number of hydrogen-bond donors (Lipinski definition) is 2. The standard InChI is InChI=1S/C22H25FN4/c1-2-12-24-20-17(7-6-16-8-9-22(14-16)10-11-22)15-25-21(27-20)26-19-5-3-4-18(23)13-19/h3-5,13,15-16H,2,8-12,14H2,1H3,(H2,24,25,26,27)/t16-/m1/s1. The van der Waals surface area contributed by atoms with Crippen LogP contribution in [0.25, 0.3) is 0 Å². The van der Waals surface area contributed by atoms with Crippen molar-refractivity contribution in [1.29, 1.82) is 0 Å². The van der Waals surface area contributed by atoms with Crippen molar-refractivity contribution in [2.45, 2.75) is 45.4 Å². The zero-order chi connectivity index (χ0) is 18.7. The lowest BCUT2D eigenvalue weighted by Gasteiger charge is -2.10. The topological polar surface area (TPSA) is 49.8 Å². The number of halogens is 1. The number of nitrogens with one attached hydrogen (secondary N) is 2. The third kappa shape index (κ3) is 4.39. The molecule has 0 amide bonds. The first-order valence-electron chi connectivity index (χ1n) is 9.81. The number of nitrogens with zero attached hydrogens (tertiary/aromatic N) is 2. The van der Waals surface area contributed by atoms with E-state index in [1.54, 1.807) is 18.3 Å². The summed E-state index contributed by atoms with van der Waals surface area (Å²) in [6.45, 7) is 2.93. The molecule has 2 saturated carbocycles. The van der Waals surface area contributed by atoms with Gasteiger partial charge in [0.2, 0.25) is 5.95 Å². The molecule has 1 atom stereocenters. The van der Waals surface area contributed by atoms with Crippen molar-refractivity contribution >= 4 is 17.5 Å². The molecule has 1 aromatic carbocycles. The van der Waals surface area contributed by atoms with Crippen LogP contribution in [0.15, 0.2) is 30.5 Å². The first-order valence-corrected chi connectivity index (χ1v) is 9.81. The summed E-state index contributed by atoms with van der Waals surface area (Å²) in [5, 5.41) is 6.39. The van der Waals surface area contributed by atoms with Crippen LogP contribution in [0.3, 0.4) is 0 Å². The highest BCUT2D eigenvalue weighted by molar-refractivity contribution is 5.59. The zero-order valence-corrected chi connectivity index (χ0v) is 15.7. The molecule has 1 aromatic heterocycles. The van der Waals surface area contributed by atoms with Gasteiger partial charge in [0.25, 0.3) is 0 Å². The minimum absolute atomic E-state index is 0.295. The van der Waals surface area contributed by atoms with Gasteiger partial charge in [0.1, 0.15) is 11.6 Å². The van der Waals surface area contributed by atoms with E-state index < -0.39 is 0 Å². The normalized spacial score (nSPS) is 19.4. The molecule has 2 fully saturated rings. The Morgan fingerprint density at radius 3 is 2.93 bits per heavy atom. The lowest BCUT2D eigenvalue weighted by molar-refractivity contribution is 0.521. The number of anilines is 3. The molecule has 0 bridgehead atoms. The first kappa shape index (κ1) is 17.8. The van der Waals surface area contributed by atoms with Crippen molar-refractivity contribution in [2.75, 3.05) is 17.2 Å². The average Bonchev–Trinajstić information content (AvgIpc) is 3.30. The summed E-state index contributed by atoms with van der Waals surface area (Å²) in [4.78, 5) is 8.93. The van der Waals surface area contributed by atoms with Gasteiger partial charge in [0.15, 0.2) is 0 Å². The number of hydrogen-bond acceptors (Lipinski definition) is 4. The van der Waals surface area contributed by atoms with Crippen molar-refractivity contribution in [3.63, 3.8) is 0 Å². The van der Waals surface area contributed by atoms with Gasteiger partial charge in [-0.1, -0.05) is 24.8 Å². The molecule has 0 aliphatic heterocycles. The molecule has 1 spiro atoms. The highest BCUT2D eigenvalue weighted by Crippen LogP contribution is 2.59. The van der Waals surface area contributed by atoms with Gasteiger partial charge in [-0.15, -0.1) is 0 Å². The molecule has 2 aliphatic rings. The van der Waals surface area contributed by atoms with Crippen molar-refractivity contribution in [3.05, 3.63) is 41.8 Å². The monoisotopic (exact) mass is 364 g/mol. The molecule has 2 aromatic rings. The molecule has 27 heavy (non-hydrogen) atoms. The van der Waals surface area contributed by atoms with Gasteiger partial charge in [0.05, 0.1) is 11.8 Å². The maximum Gasteiger partial charge on any atom is 0.229 e. The summed E-state index contributed by atoms with van der Waals surface area (Å²) in [6, 6.07) is 6.27. The van der Waals surface area contributed by atoms with Crippen molar-refractivity contribution in [2.24, 2.45) is 11.3 Å². The smallest absolute Gasteiger partial charge is 0.229 e. The zero-order valence-electron chi connectivity index (χ0n) is 15.7. The van der Waals surface area contributed by atoms with Crippen LogP contribution in [0.2, 0.25) is 0 Å². The molecule has 1 heterocycles.